The van der Waals surface area contributed by atoms with Crippen LogP contribution in [0.15, 0.2) is 54.6 Å². The van der Waals surface area contributed by atoms with E-state index in [1.54, 1.807) is 30.3 Å². The first-order valence-electron chi connectivity index (χ1n) is 6.94. The summed E-state index contributed by atoms with van der Waals surface area (Å²) in [5, 5.41) is 18.7. The lowest BCUT2D eigenvalue weighted by atomic mass is 9.98. The number of quaternary nitrogens is 1. The van der Waals surface area contributed by atoms with E-state index in [1.807, 2.05) is 30.4 Å². The summed E-state index contributed by atoms with van der Waals surface area (Å²) in [4.78, 5) is 11.9. The minimum absolute atomic E-state index is 0.246. The molecule has 22 heavy (non-hydrogen) atoms. The number of ether oxygens (including phenoxy) is 1. The van der Waals surface area contributed by atoms with Crippen LogP contribution in [0.25, 0.3) is 6.08 Å². The molecule has 1 aliphatic heterocycles. The quantitative estimate of drug-likeness (QED) is 0.670. The molecule has 0 saturated heterocycles. The largest absolute Gasteiger partial charge is 0.595 e. The summed E-state index contributed by atoms with van der Waals surface area (Å²) in [6, 6.07) is 14.0. The minimum Gasteiger partial charge on any atom is -0.595 e. The van der Waals surface area contributed by atoms with Gasteiger partial charge in [0.25, 0.3) is 0 Å². The van der Waals surface area contributed by atoms with Gasteiger partial charge in [-0.15, -0.1) is 0 Å². The number of carbonyl (C=O) groups is 1. The van der Waals surface area contributed by atoms with Gasteiger partial charge >= 0.3 is 5.97 Å². The molecule has 2 N–H and O–H groups in total. The monoisotopic (exact) mass is 297 g/mol. The van der Waals surface area contributed by atoms with Crippen LogP contribution in [0, 0.1) is 5.21 Å². The van der Waals surface area contributed by atoms with Gasteiger partial charge in [-0.25, -0.2) is 10.0 Å². The fourth-order valence-electron chi connectivity index (χ4n) is 2.42. The van der Waals surface area contributed by atoms with Crippen LogP contribution < -0.4 is 5.23 Å². The van der Waals surface area contributed by atoms with Crippen molar-refractivity contribution in [2.75, 3.05) is 0 Å². The smallest absolute Gasteiger partial charge is 0.339 e. The molecule has 0 bridgehead atoms. The molecule has 1 unspecified atom stereocenters. The highest BCUT2D eigenvalue weighted by molar-refractivity contribution is 5.92. The molecular formula is C17H15NO4. The average Bonchev–Trinajstić information content (AvgIpc) is 2.53. The first-order valence-corrected chi connectivity index (χ1v) is 6.94. The molecule has 0 saturated carbocycles. The number of fused-ring (bicyclic) bond motifs is 1. The van der Waals surface area contributed by atoms with Gasteiger partial charge < -0.3 is 9.94 Å². The number of cyclic esters (lactones) is 1. The van der Waals surface area contributed by atoms with Crippen molar-refractivity contribution < 1.29 is 20.0 Å². The molecule has 5 nitrogen and oxygen atoms in total. The highest BCUT2D eigenvalue weighted by Crippen LogP contribution is 2.21. The summed E-state index contributed by atoms with van der Waals surface area (Å²) >= 11 is 0. The SMILES string of the molecule is O=C1O[C@@H](C=Cc2ccc([NH+]([O-])O)cc2)Cc2ccccc21. The first-order chi connectivity index (χ1) is 10.6. The minimum atomic E-state index is -0.951. The number of nitrogens with one attached hydrogen (secondary N) is 1. The van der Waals surface area contributed by atoms with Gasteiger partial charge in [-0.3, -0.25) is 0 Å². The summed E-state index contributed by atoms with van der Waals surface area (Å²) in [7, 11) is 0. The number of esters is 1. The Balaban J connectivity index is 1.73. The molecule has 0 amide bonds. The first kappa shape index (κ1) is 14.5. The van der Waals surface area contributed by atoms with Crippen molar-refractivity contribution in [2.45, 2.75) is 12.5 Å². The van der Waals surface area contributed by atoms with Gasteiger partial charge in [0, 0.05) is 18.6 Å². The van der Waals surface area contributed by atoms with Crippen LogP contribution in [0.3, 0.4) is 0 Å². The molecular weight excluding hydrogens is 282 g/mol. The Hall–Kier alpha value is -2.47. The van der Waals surface area contributed by atoms with E-state index in [1.165, 1.54) is 0 Å². The summed E-state index contributed by atoms with van der Waals surface area (Å²) < 4.78 is 5.38. The Morgan fingerprint density at radius 3 is 2.64 bits per heavy atom. The maximum atomic E-state index is 11.9. The maximum Gasteiger partial charge on any atom is 0.339 e. The summed E-state index contributed by atoms with van der Waals surface area (Å²) in [6.45, 7) is 0. The second-order valence-electron chi connectivity index (χ2n) is 5.09. The molecule has 2 aromatic carbocycles. The number of rotatable bonds is 3. The number of hydrogen-bond acceptors (Lipinski definition) is 4. The van der Waals surface area contributed by atoms with E-state index in [0.717, 1.165) is 11.1 Å². The third-order valence-electron chi connectivity index (χ3n) is 3.58. The highest BCUT2D eigenvalue weighted by atomic mass is 16.8. The van der Waals surface area contributed by atoms with Crippen molar-refractivity contribution in [3.05, 3.63) is 76.5 Å². The van der Waals surface area contributed by atoms with E-state index in [2.05, 4.69) is 0 Å². The molecule has 0 fully saturated rings. The maximum absolute atomic E-state index is 11.9. The van der Waals surface area contributed by atoms with E-state index in [9.17, 15) is 10.0 Å². The summed E-state index contributed by atoms with van der Waals surface area (Å²) in [5.41, 5.74) is 2.71. The van der Waals surface area contributed by atoms with Gasteiger partial charge in [0.15, 0.2) is 5.69 Å². The van der Waals surface area contributed by atoms with Crippen LogP contribution in [0.1, 0.15) is 21.5 Å². The van der Waals surface area contributed by atoms with Crippen molar-refractivity contribution in [1.29, 1.82) is 0 Å². The van der Waals surface area contributed by atoms with Crippen LogP contribution >= 0.6 is 0 Å². The van der Waals surface area contributed by atoms with Gasteiger partial charge in [-0.05, 0) is 35.4 Å². The fraction of sp³-hybridized carbons (Fsp3) is 0.118. The van der Waals surface area contributed by atoms with Gasteiger partial charge in [0.05, 0.1) is 5.56 Å². The van der Waals surface area contributed by atoms with Gasteiger partial charge in [-0.2, -0.15) is 5.23 Å². The highest BCUT2D eigenvalue weighted by Gasteiger charge is 2.23. The van der Waals surface area contributed by atoms with Crippen LogP contribution in [-0.4, -0.2) is 17.3 Å². The van der Waals surface area contributed by atoms with Crippen molar-refractivity contribution in [3.63, 3.8) is 0 Å². The molecule has 0 aromatic heterocycles. The number of benzene rings is 2. The second kappa shape index (κ2) is 6.11. The molecule has 1 heterocycles. The number of carbonyl (C=O) groups excluding carboxylic acids is 1. The van der Waals surface area contributed by atoms with E-state index < -0.39 is 5.23 Å². The lowest BCUT2D eigenvalue weighted by molar-refractivity contribution is -0.991. The normalized spacial score (nSPS) is 18.8. The van der Waals surface area contributed by atoms with Crippen LogP contribution in [0.5, 0.6) is 0 Å². The third kappa shape index (κ3) is 3.07. The van der Waals surface area contributed by atoms with Crippen LogP contribution in [-0.2, 0) is 11.2 Å². The molecule has 3 rings (SSSR count). The standard InChI is InChI=1S/C17H15NO4/c19-17-16-4-2-1-3-13(16)11-15(22-17)10-7-12-5-8-14(9-6-12)18(20)21/h1-10,15,18,20H,11H2/t15-/m0/s1. The topological polar surface area (TPSA) is 74.0 Å². The van der Waals surface area contributed by atoms with Crippen molar-refractivity contribution in [3.8, 4) is 0 Å². The molecule has 2 atom stereocenters. The Kier molecular flexibility index (Phi) is 4.02. The van der Waals surface area contributed by atoms with E-state index >= 15 is 0 Å². The zero-order valence-electron chi connectivity index (χ0n) is 11.7. The Morgan fingerprint density at radius 2 is 1.91 bits per heavy atom. The van der Waals surface area contributed by atoms with Gasteiger partial charge in [0.2, 0.25) is 0 Å². The predicted molar refractivity (Wildman–Crippen MR) is 80.6 cm³/mol. The molecule has 112 valence electrons. The summed E-state index contributed by atoms with van der Waals surface area (Å²) in [5.74, 6) is -0.308. The Labute approximate surface area is 127 Å². The molecule has 0 aliphatic carbocycles. The molecule has 0 spiro atoms. The Morgan fingerprint density at radius 1 is 1.18 bits per heavy atom. The molecule has 5 heteroatoms. The van der Waals surface area contributed by atoms with E-state index in [-0.39, 0.29) is 17.8 Å². The lowest BCUT2D eigenvalue weighted by Crippen LogP contribution is -2.99. The predicted octanol–water partition coefficient (Wildman–Crippen LogP) is 1.88. The molecule has 1 aliphatic rings. The van der Waals surface area contributed by atoms with Crippen molar-refractivity contribution in [2.24, 2.45) is 0 Å². The van der Waals surface area contributed by atoms with Gasteiger partial charge in [0.1, 0.15) is 6.10 Å². The van der Waals surface area contributed by atoms with Crippen LogP contribution in [0.2, 0.25) is 0 Å². The van der Waals surface area contributed by atoms with Crippen LogP contribution in [0.4, 0.5) is 5.69 Å². The zero-order chi connectivity index (χ0) is 15.5. The second-order valence-corrected chi connectivity index (χ2v) is 5.09. The lowest BCUT2D eigenvalue weighted by Gasteiger charge is -2.22. The molecule has 2 aromatic rings. The van der Waals surface area contributed by atoms with E-state index in [0.29, 0.717) is 12.0 Å². The Bertz CT molecular complexity index is 707. The summed E-state index contributed by atoms with van der Waals surface area (Å²) in [6.07, 6.45) is 3.99. The van der Waals surface area contributed by atoms with Gasteiger partial charge in [-0.1, -0.05) is 24.3 Å². The fourth-order valence-corrected chi connectivity index (χ4v) is 2.42. The zero-order valence-corrected chi connectivity index (χ0v) is 11.7. The number of hydrogen-bond donors (Lipinski definition) is 2. The van der Waals surface area contributed by atoms with E-state index in [4.69, 9.17) is 9.94 Å². The molecule has 0 radical (unpaired) electrons. The average molecular weight is 297 g/mol. The van der Waals surface area contributed by atoms with Crippen molar-refractivity contribution >= 4 is 17.7 Å². The van der Waals surface area contributed by atoms with Crippen molar-refractivity contribution in [1.82, 2.24) is 0 Å². The third-order valence-corrected chi connectivity index (χ3v) is 3.58.